The molecular weight excluding hydrogens is 266 g/mol. The molecule has 0 saturated carbocycles. The molecule has 0 aliphatic heterocycles. The van der Waals surface area contributed by atoms with Gasteiger partial charge in [0.05, 0.1) is 39.6 Å². The average Bonchev–Trinajstić information content (AvgIpc) is 2.51. The lowest BCUT2D eigenvalue weighted by Crippen LogP contribution is -2.57. The first-order chi connectivity index (χ1) is 9.55. The van der Waals surface area contributed by atoms with Crippen molar-refractivity contribution in [1.29, 1.82) is 0 Å². The number of aliphatic hydroxyl groups excluding tert-OH is 3. The Balaban J connectivity index is 3.07. The zero-order valence-corrected chi connectivity index (χ0v) is 11.4. The van der Waals surface area contributed by atoms with Gasteiger partial charge in [-0.05, 0) is 18.2 Å². The molecule has 0 unspecified atom stereocenters. The highest BCUT2D eigenvalue weighted by molar-refractivity contribution is 5.97. The van der Waals surface area contributed by atoms with Gasteiger partial charge in [-0.1, -0.05) is 0 Å². The van der Waals surface area contributed by atoms with Crippen LogP contribution in [-0.2, 0) is 0 Å². The largest absolute Gasteiger partial charge is 0.497 e. The molecule has 1 aromatic carbocycles. The van der Waals surface area contributed by atoms with Gasteiger partial charge in [0.2, 0.25) is 0 Å². The van der Waals surface area contributed by atoms with Crippen molar-refractivity contribution in [3.8, 4) is 11.5 Å². The molecule has 0 saturated heterocycles. The number of nitrogens with one attached hydrogen (secondary N) is 1. The van der Waals surface area contributed by atoms with Crippen LogP contribution in [0.3, 0.4) is 0 Å². The van der Waals surface area contributed by atoms with Crippen LogP contribution >= 0.6 is 0 Å². The molecular formula is C13H19NO6. The van der Waals surface area contributed by atoms with Gasteiger partial charge in [-0.25, -0.2) is 0 Å². The van der Waals surface area contributed by atoms with E-state index in [1.54, 1.807) is 12.1 Å². The van der Waals surface area contributed by atoms with Crippen LogP contribution in [-0.4, -0.2) is 60.8 Å². The summed E-state index contributed by atoms with van der Waals surface area (Å²) in [4.78, 5) is 12.2. The molecule has 7 heteroatoms. The molecule has 0 aliphatic rings. The van der Waals surface area contributed by atoms with Gasteiger partial charge in [0.1, 0.15) is 17.0 Å². The number of carbonyl (C=O) groups is 1. The van der Waals surface area contributed by atoms with E-state index in [1.807, 2.05) is 0 Å². The second-order valence-electron chi connectivity index (χ2n) is 4.28. The van der Waals surface area contributed by atoms with Crippen LogP contribution in [0.4, 0.5) is 0 Å². The summed E-state index contributed by atoms with van der Waals surface area (Å²) in [6, 6.07) is 4.66. The van der Waals surface area contributed by atoms with Crippen molar-refractivity contribution in [3.05, 3.63) is 23.8 Å². The van der Waals surface area contributed by atoms with Crippen molar-refractivity contribution in [2.24, 2.45) is 0 Å². The number of rotatable bonds is 7. The number of benzene rings is 1. The third-order valence-electron chi connectivity index (χ3n) is 2.94. The molecule has 1 rings (SSSR count). The fourth-order valence-electron chi connectivity index (χ4n) is 1.57. The van der Waals surface area contributed by atoms with Gasteiger partial charge in [-0.15, -0.1) is 0 Å². The number of methoxy groups -OCH3 is 2. The lowest BCUT2D eigenvalue weighted by atomic mass is 10.0. The van der Waals surface area contributed by atoms with E-state index in [4.69, 9.17) is 9.47 Å². The first kappa shape index (κ1) is 16.2. The van der Waals surface area contributed by atoms with E-state index >= 15 is 0 Å². The SMILES string of the molecule is COc1ccc(OC)c(C(=O)NC(CO)(CO)CO)c1. The van der Waals surface area contributed by atoms with Gasteiger partial charge in [-0.2, -0.15) is 0 Å². The highest BCUT2D eigenvalue weighted by Gasteiger charge is 2.31. The number of carbonyl (C=O) groups excluding carboxylic acids is 1. The summed E-state index contributed by atoms with van der Waals surface area (Å²) >= 11 is 0. The van der Waals surface area contributed by atoms with E-state index in [-0.39, 0.29) is 5.56 Å². The monoisotopic (exact) mass is 285 g/mol. The molecule has 112 valence electrons. The first-order valence-electron chi connectivity index (χ1n) is 5.93. The van der Waals surface area contributed by atoms with Gasteiger partial charge >= 0.3 is 0 Å². The van der Waals surface area contributed by atoms with Crippen LogP contribution in [0.25, 0.3) is 0 Å². The standard InChI is InChI=1S/C13H19NO6/c1-19-9-3-4-11(20-2)10(5-9)12(18)14-13(6-15,7-16)8-17/h3-5,15-17H,6-8H2,1-2H3,(H,14,18). The third-order valence-corrected chi connectivity index (χ3v) is 2.94. The van der Waals surface area contributed by atoms with Crippen LogP contribution in [0.5, 0.6) is 11.5 Å². The van der Waals surface area contributed by atoms with Crippen molar-refractivity contribution in [3.63, 3.8) is 0 Å². The summed E-state index contributed by atoms with van der Waals surface area (Å²) in [5, 5.41) is 30.0. The second-order valence-corrected chi connectivity index (χ2v) is 4.28. The van der Waals surface area contributed by atoms with Crippen LogP contribution in [0, 0.1) is 0 Å². The Morgan fingerprint density at radius 2 is 1.75 bits per heavy atom. The Kier molecular flexibility index (Phi) is 5.75. The van der Waals surface area contributed by atoms with Crippen molar-refractivity contribution in [2.75, 3.05) is 34.0 Å². The number of aliphatic hydroxyl groups is 3. The maximum absolute atomic E-state index is 12.2. The van der Waals surface area contributed by atoms with Crippen LogP contribution < -0.4 is 14.8 Å². The third kappa shape index (κ3) is 3.38. The molecule has 0 aliphatic carbocycles. The Morgan fingerprint density at radius 1 is 1.15 bits per heavy atom. The van der Waals surface area contributed by atoms with Crippen molar-refractivity contribution in [2.45, 2.75) is 5.54 Å². The summed E-state index contributed by atoms with van der Waals surface area (Å²) in [7, 11) is 2.87. The zero-order valence-electron chi connectivity index (χ0n) is 11.4. The molecule has 0 atom stereocenters. The Labute approximate surface area is 116 Å². The molecule has 0 radical (unpaired) electrons. The lowest BCUT2D eigenvalue weighted by molar-refractivity contribution is 0.0374. The minimum Gasteiger partial charge on any atom is -0.497 e. The Hall–Kier alpha value is -1.83. The predicted octanol–water partition coefficient (Wildman–Crippen LogP) is -0.851. The minimum atomic E-state index is -1.49. The van der Waals surface area contributed by atoms with Gasteiger partial charge in [-0.3, -0.25) is 4.79 Å². The van der Waals surface area contributed by atoms with Crippen LogP contribution in [0.1, 0.15) is 10.4 Å². The smallest absolute Gasteiger partial charge is 0.255 e. The maximum Gasteiger partial charge on any atom is 0.255 e. The minimum absolute atomic E-state index is 0.173. The molecule has 7 nitrogen and oxygen atoms in total. The molecule has 0 spiro atoms. The fraction of sp³-hybridized carbons (Fsp3) is 0.462. The van der Waals surface area contributed by atoms with Crippen molar-refractivity contribution < 1.29 is 29.6 Å². The van der Waals surface area contributed by atoms with Gasteiger partial charge in [0.15, 0.2) is 0 Å². The molecule has 20 heavy (non-hydrogen) atoms. The molecule has 0 fully saturated rings. The highest BCUT2D eigenvalue weighted by Crippen LogP contribution is 2.24. The maximum atomic E-state index is 12.2. The Morgan fingerprint density at radius 3 is 2.20 bits per heavy atom. The van der Waals surface area contributed by atoms with Crippen LogP contribution in [0.15, 0.2) is 18.2 Å². The molecule has 1 aromatic rings. The quantitative estimate of drug-likeness (QED) is 0.520. The number of hydrogen-bond donors (Lipinski definition) is 4. The predicted molar refractivity (Wildman–Crippen MR) is 71.0 cm³/mol. The molecule has 0 aromatic heterocycles. The fourth-order valence-corrected chi connectivity index (χ4v) is 1.57. The number of ether oxygens (including phenoxy) is 2. The van der Waals surface area contributed by atoms with E-state index in [2.05, 4.69) is 5.32 Å². The van der Waals surface area contributed by atoms with Gasteiger partial charge < -0.3 is 30.1 Å². The number of hydrogen-bond acceptors (Lipinski definition) is 6. The molecule has 0 heterocycles. The van der Waals surface area contributed by atoms with Gasteiger partial charge in [0.25, 0.3) is 5.91 Å². The lowest BCUT2D eigenvalue weighted by Gasteiger charge is -2.28. The first-order valence-corrected chi connectivity index (χ1v) is 5.93. The van der Waals surface area contributed by atoms with Crippen LogP contribution in [0.2, 0.25) is 0 Å². The van der Waals surface area contributed by atoms with Crippen molar-refractivity contribution >= 4 is 5.91 Å². The summed E-state index contributed by atoms with van der Waals surface area (Å²) < 4.78 is 10.1. The van der Waals surface area contributed by atoms with E-state index in [1.165, 1.54) is 20.3 Å². The highest BCUT2D eigenvalue weighted by atomic mass is 16.5. The van der Waals surface area contributed by atoms with E-state index in [0.29, 0.717) is 11.5 Å². The van der Waals surface area contributed by atoms with E-state index < -0.39 is 31.3 Å². The molecule has 0 bridgehead atoms. The van der Waals surface area contributed by atoms with Crippen molar-refractivity contribution in [1.82, 2.24) is 5.32 Å². The second kappa shape index (κ2) is 7.09. The summed E-state index contributed by atoms with van der Waals surface area (Å²) in [5.74, 6) is 0.169. The average molecular weight is 285 g/mol. The summed E-state index contributed by atoms with van der Waals surface area (Å²) in [6.45, 7) is -1.80. The zero-order chi connectivity index (χ0) is 15.2. The summed E-state index contributed by atoms with van der Waals surface area (Å²) in [5.41, 5.74) is -1.32. The normalized spacial score (nSPS) is 11.1. The number of amides is 1. The molecule has 1 amide bonds. The molecule has 4 N–H and O–H groups in total. The van der Waals surface area contributed by atoms with E-state index in [9.17, 15) is 20.1 Å². The van der Waals surface area contributed by atoms with Gasteiger partial charge in [0, 0.05) is 0 Å². The van der Waals surface area contributed by atoms with E-state index in [0.717, 1.165) is 0 Å². The topological polar surface area (TPSA) is 108 Å². The Bertz CT molecular complexity index is 450. The summed E-state index contributed by atoms with van der Waals surface area (Å²) in [6.07, 6.45) is 0.